The topological polar surface area (TPSA) is 35.2 Å². The minimum Gasteiger partial charge on any atom is -0.376 e. The van der Waals surface area contributed by atoms with Crippen LogP contribution in [0.1, 0.15) is 32.8 Å². The molecule has 1 aromatic carbocycles. The molecular formula is C15H24FNO. The molecule has 2 N–H and O–H groups in total. The van der Waals surface area contributed by atoms with E-state index in [-0.39, 0.29) is 11.4 Å². The fourth-order valence-corrected chi connectivity index (χ4v) is 1.79. The van der Waals surface area contributed by atoms with Gasteiger partial charge in [-0.1, -0.05) is 12.1 Å². The third kappa shape index (κ3) is 6.12. The van der Waals surface area contributed by atoms with E-state index in [1.54, 1.807) is 0 Å². The molecule has 1 aromatic rings. The molecule has 0 aromatic heterocycles. The van der Waals surface area contributed by atoms with Gasteiger partial charge in [0.15, 0.2) is 0 Å². The van der Waals surface area contributed by atoms with Crippen molar-refractivity contribution in [1.29, 1.82) is 0 Å². The molecule has 0 radical (unpaired) electrons. The van der Waals surface area contributed by atoms with Gasteiger partial charge in [0.25, 0.3) is 0 Å². The average molecular weight is 253 g/mol. The summed E-state index contributed by atoms with van der Waals surface area (Å²) in [6.07, 6.45) is 1.81. The molecule has 1 unspecified atom stereocenters. The van der Waals surface area contributed by atoms with Gasteiger partial charge in [-0.15, -0.1) is 0 Å². The maximum Gasteiger partial charge on any atom is 0.123 e. The first-order valence-corrected chi connectivity index (χ1v) is 6.49. The summed E-state index contributed by atoms with van der Waals surface area (Å²) >= 11 is 0. The largest absolute Gasteiger partial charge is 0.376 e. The molecule has 0 saturated heterocycles. The number of halogens is 1. The van der Waals surface area contributed by atoms with Crippen LogP contribution in [-0.2, 0) is 11.2 Å². The van der Waals surface area contributed by atoms with E-state index in [4.69, 9.17) is 10.5 Å². The van der Waals surface area contributed by atoms with Crippen molar-refractivity contribution in [2.24, 2.45) is 11.7 Å². The van der Waals surface area contributed by atoms with Crippen molar-refractivity contribution >= 4 is 0 Å². The number of hydrogen-bond acceptors (Lipinski definition) is 2. The number of rotatable bonds is 6. The average Bonchev–Trinajstić information content (AvgIpc) is 2.29. The van der Waals surface area contributed by atoms with Crippen molar-refractivity contribution in [2.75, 3.05) is 13.2 Å². The van der Waals surface area contributed by atoms with E-state index in [1.807, 2.05) is 32.9 Å². The summed E-state index contributed by atoms with van der Waals surface area (Å²) in [5.41, 5.74) is 6.80. The molecule has 1 atom stereocenters. The number of nitrogens with two attached hydrogens (primary N) is 1. The van der Waals surface area contributed by atoms with Gasteiger partial charge < -0.3 is 10.5 Å². The molecule has 0 bridgehead atoms. The Balaban J connectivity index is 2.40. The molecule has 102 valence electrons. The second-order valence-electron chi connectivity index (χ2n) is 5.68. The van der Waals surface area contributed by atoms with Crippen molar-refractivity contribution in [3.8, 4) is 0 Å². The summed E-state index contributed by atoms with van der Waals surface area (Å²) in [7, 11) is 0. The van der Waals surface area contributed by atoms with Gasteiger partial charge in [-0.25, -0.2) is 4.39 Å². The van der Waals surface area contributed by atoms with Crippen LogP contribution in [0, 0.1) is 11.7 Å². The van der Waals surface area contributed by atoms with Crippen molar-refractivity contribution in [3.63, 3.8) is 0 Å². The molecule has 0 aliphatic carbocycles. The number of ether oxygens (including phenoxy) is 1. The second kappa shape index (κ2) is 6.86. The molecule has 1 rings (SSSR count). The summed E-state index contributed by atoms with van der Waals surface area (Å²) < 4.78 is 18.5. The molecule has 0 heterocycles. The Labute approximate surface area is 109 Å². The van der Waals surface area contributed by atoms with Crippen molar-refractivity contribution in [1.82, 2.24) is 0 Å². The van der Waals surface area contributed by atoms with Crippen molar-refractivity contribution in [3.05, 3.63) is 35.6 Å². The second-order valence-corrected chi connectivity index (χ2v) is 5.68. The van der Waals surface area contributed by atoms with Gasteiger partial charge in [-0.2, -0.15) is 0 Å². The van der Waals surface area contributed by atoms with E-state index in [9.17, 15) is 4.39 Å². The van der Waals surface area contributed by atoms with Crippen LogP contribution < -0.4 is 5.73 Å². The fourth-order valence-electron chi connectivity index (χ4n) is 1.79. The van der Waals surface area contributed by atoms with Gasteiger partial charge in [0, 0.05) is 6.61 Å². The Morgan fingerprint density at radius 1 is 1.22 bits per heavy atom. The Morgan fingerprint density at radius 3 is 2.33 bits per heavy atom. The summed E-state index contributed by atoms with van der Waals surface area (Å²) in [5.74, 6) is 0.192. The van der Waals surface area contributed by atoms with Crippen LogP contribution in [0.2, 0.25) is 0 Å². The molecular weight excluding hydrogens is 229 g/mol. The van der Waals surface area contributed by atoms with E-state index in [0.717, 1.165) is 18.4 Å². The van der Waals surface area contributed by atoms with Crippen LogP contribution >= 0.6 is 0 Å². The summed E-state index contributed by atoms with van der Waals surface area (Å²) in [6, 6.07) is 6.63. The smallest absolute Gasteiger partial charge is 0.123 e. The highest BCUT2D eigenvalue weighted by Crippen LogP contribution is 2.14. The Kier molecular flexibility index (Phi) is 5.76. The van der Waals surface area contributed by atoms with Crippen LogP contribution in [0.25, 0.3) is 0 Å². The molecule has 3 heteroatoms. The lowest BCUT2D eigenvalue weighted by Gasteiger charge is -2.22. The van der Waals surface area contributed by atoms with Gasteiger partial charge >= 0.3 is 0 Å². The van der Waals surface area contributed by atoms with Crippen LogP contribution in [-0.4, -0.2) is 18.8 Å². The maximum atomic E-state index is 12.8. The minimum absolute atomic E-state index is 0.102. The van der Waals surface area contributed by atoms with Crippen LogP contribution in [0.15, 0.2) is 24.3 Å². The predicted molar refractivity (Wildman–Crippen MR) is 73.0 cm³/mol. The van der Waals surface area contributed by atoms with Gasteiger partial charge in [0.1, 0.15) is 5.82 Å². The SMILES string of the molecule is CC(C)(C)OCCC(CN)Cc1ccc(F)cc1. The van der Waals surface area contributed by atoms with Crippen molar-refractivity contribution < 1.29 is 9.13 Å². The van der Waals surface area contributed by atoms with Gasteiger partial charge in [0.2, 0.25) is 0 Å². The quantitative estimate of drug-likeness (QED) is 0.845. The molecule has 0 fully saturated rings. The minimum atomic E-state index is -0.195. The Bertz CT molecular complexity index is 343. The molecule has 0 amide bonds. The maximum absolute atomic E-state index is 12.8. The Morgan fingerprint density at radius 2 is 1.83 bits per heavy atom. The molecule has 0 saturated carbocycles. The van der Waals surface area contributed by atoms with E-state index in [2.05, 4.69) is 0 Å². The lowest BCUT2D eigenvalue weighted by atomic mass is 9.96. The third-order valence-electron chi connectivity index (χ3n) is 2.83. The van der Waals surface area contributed by atoms with E-state index in [1.165, 1.54) is 12.1 Å². The highest BCUT2D eigenvalue weighted by atomic mass is 19.1. The van der Waals surface area contributed by atoms with Gasteiger partial charge in [-0.05, 0) is 63.8 Å². The Hall–Kier alpha value is -0.930. The van der Waals surface area contributed by atoms with E-state index >= 15 is 0 Å². The summed E-state index contributed by atoms with van der Waals surface area (Å²) in [6.45, 7) is 7.48. The van der Waals surface area contributed by atoms with Gasteiger partial charge in [0.05, 0.1) is 5.60 Å². The standard InChI is InChI=1S/C15H24FNO/c1-15(2,3)18-9-8-13(11-17)10-12-4-6-14(16)7-5-12/h4-7,13H,8-11,17H2,1-3H3. The zero-order valence-electron chi connectivity index (χ0n) is 11.6. The lowest BCUT2D eigenvalue weighted by Crippen LogP contribution is -2.24. The van der Waals surface area contributed by atoms with Crippen LogP contribution in [0.4, 0.5) is 4.39 Å². The van der Waals surface area contributed by atoms with Gasteiger partial charge in [-0.3, -0.25) is 0 Å². The van der Waals surface area contributed by atoms with E-state index < -0.39 is 0 Å². The first kappa shape index (κ1) is 15.1. The lowest BCUT2D eigenvalue weighted by molar-refractivity contribution is -0.00886. The van der Waals surface area contributed by atoms with Crippen LogP contribution in [0.5, 0.6) is 0 Å². The first-order valence-electron chi connectivity index (χ1n) is 6.49. The summed E-state index contributed by atoms with van der Waals surface area (Å²) in [5, 5.41) is 0. The molecule has 0 spiro atoms. The normalized spacial score (nSPS) is 13.6. The highest BCUT2D eigenvalue weighted by Gasteiger charge is 2.13. The number of hydrogen-bond donors (Lipinski definition) is 1. The highest BCUT2D eigenvalue weighted by molar-refractivity contribution is 5.16. The molecule has 18 heavy (non-hydrogen) atoms. The zero-order valence-corrected chi connectivity index (χ0v) is 11.6. The van der Waals surface area contributed by atoms with Crippen molar-refractivity contribution in [2.45, 2.75) is 39.2 Å². The zero-order chi connectivity index (χ0) is 13.6. The van der Waals surface area contributed by atoms with E-state index in [0.29, 0.717) is 19.1 Å². The predicted octanol–water partition coefficient (Wildman–Crippen LogP) is 3.15. The monoisotopic (exact) mass is 253 g/mol. The first-order chi connectivity index (χ1) is 8.40. The molecule has 0 aliphatic heterocycles. The fraction of sp³-hybridized carbons (Fsp3) is 0.600. The number of benzene rings is 1. The molecule has 2 nitrogen and oxygen atoms in total. The van der Waals surface area contributed by atoms with Crippen LogP contribution in [0.3, 0.4) is 0 Å². The molecule has 0 aliphatic rings. The third-order valence-corrected chi connectivity index (χ3v) is 2.83. The summed E-state index contributed by atoms with van der Waals surface area (Å²) in [4.78, 5) is 0.